The van der Waals surface area contributed by atoms with Gasteiger partial charge in [-0.25, -0.2) is 9.79 Å². The highest BCUT2D eigenvalue weighted by Gasteiger charge is 2.33. The van der Waals surface area contributed by atoms with Gasteiger partial charge in [-0.1, -0.05) is 48.5 Å². The monoisotopic (exact) mass is 457 g/mol. The molecule has 0 radical (unpaired) electrons. The van der Waals surface area contributed by atoms with Crippen LogP contribution in [0.4, 0.5) is 10.5 Å². The minimum absolute atomic E-state index is 0.0480. The van der Waals surface area contributed by atoms with E-state index in [4.69, 9.17) is 19.2 Å². The lowest BCUT2D eigenvalue weighted by molar-refractivity contribution is 0.0624. The van der Waals surface area contributed by atoms with Crippen molar-refractivity contribution in [1.82, 2.24) is 9.80 Å². The molecule has 2 aliphatic heterocycles. The number of hydrogen-bond acceptors (Lipinski definition) is 6. The summed E-state index contributed by atoms with van der Waals surface area (Å²) in [5.41, 5.74) is 2.59. The second-order valence-electron chi connectivity index (χ2n) is 8.37. The van der Waals surface area contributed by atoms with Gasteiger partial charge in [0.25, 0.3) is 0 Å². The van der Waals surface area contributed by atoms with Crippen LogP contribution in [0.5, 0.6) is 17.2 Å². The van der Waals surface area contributed by atoms with Gasteiger partial charge in [0.15, 0.2) is 17.2 Å². The summed E-state index contributed by atoms with van der Waals surface area (Å²) >= 11 is 0. The quantitative estimate of drug-likeness (QED) is 0.539. The molecule has 0 N–H and O–H groups in total. The predicted octanol–water partition coefficient (Wildman–Crippen LogP) is 5.22. The Bertz CT molecular complexity index is 1210. The first-order valence-electron chi connectivity index (χ1n) is 11.4. The number of para-hydroxylation sites is 3. The van der Waals surface area contributed by atoms with Crippen molar-refractivity contribution < 1.29 is 19.0 Å². The molecule has 1 atom stereocenters. The van der Waals surface area contributed by atoms with Crippen LogP contribution >= 0.6 is 0 Å². The lowest BCUT2D eigenvalue weighted by Crippen LogP contribution is -2.55. The zero-order valence-corrected chi connectivity index (χ0v) is 19.3. The summed E-state index contributed by atoms with van der Waals surface area (Å²) in [6.07, 6.45) is -0.297. The lowest BCUT2D eigenvalue weighted by atomic mass is 10.1. The summed E-state index contributed by atoms with van der Waals surface area (Å²) in [4.78, 5) is 21.8. The SMILES string of the molecule is COc1cccc2c1Oc1ccccc1N=C2N1CCN(C(=O)OCc2ccccc2)[C@@H](C)C1. The number of carbonyl (C=O) groups is 1. The van der Waals surface area contributed by atoms with Gasteiger partial charge in [0, 0.05) is 25.7 Å². The molecule has 0 aromatic heterocycles. The molecule has 7 heteroatoms. The van der Waals surface area contributed by atoms with E-state index in [2.05, 4.69) is 4.90 Å². The van der Waals surface area contributed by atoms with Crippen LogP contribution in [0.3, 0.4) is 0 Å². The number of rotatable bonds is 3. The summed E-state index contributed by atoms with van der Waals surface area (Å²) in [6, 6.07) is 23.2. The molecule has 2 heterocycles. The van der Waals surface area contributed by atoms with Crippen molar-refractivity contribution >= 4 is 17.6 Å². The summed E-state index contributed by atoms with van der Waals surface area (Å²) in [6.45, 7) is 4.08. The highest BCUT2D eigenvalue weighted by molar-refractivity contribution is 6.04. The van der Waals surface area contributed by atoms with Crippen molar-refractivity contribution in [2.75, 3.05) is 26.7 Å². The maximum absolute atomic E-state index is 12.8. The Labute approximate surface area is 199 Å². The van der Waals surface area contributed by atoms with Crippen LogP contribution in [0.2, 0.25) is 0 Å². The Hall–Kier alpha value is -4.00. The van der Waals surface area contributed by atoms with Crippen molar-refractivity contribution in [3.63, 3.8) is 0 Å². The third-order valence-electron chi connectivity index (χ3n) is 6.11. The van der Waals surface area contributed by atoms with Crippen molar-refractivity contribution in [3.8, 4) is 17.2 Å². The van der Waals surface area contributed by atoms with Gasteiger partial charge in [-0.05, 0) is 36.8 Å². The second-order valence-corrected chi connectivity index (χ2v) is 8.37. The second kappa shape index (κ2) is 9.47. The molecule has 2 aliphatic rings. The van der Waals surface area contributed by atoms with E-state index in [0.29, 0.717) is 36.9 Å². The molecular formula is C27H27N3O4. The first-order valence-corrected chi connectivity index (χ1v) is 11.4. The van der Waals surface area contributed by atoms with E-state index in [9.17, 15) is 4.79 Å². The van der Waals surface area contributed by atoms with Crippen molar-refractivity contribution in [2.45, 2.75) is 19.6 Å². The number of amides is 1. The third-order valence-corrected chi connectivity index (χ3v) is 6.11. The molecule has 1 amide bonds. The Morgan fingerprint density at radius 1 is 1.03 bits per heavy atom. The fourth-order valence-corrected chi connectivity index (χ4v) is 4.34. The fraction of sp³-hybridized carbons (Fsp3) is 0.259. The van der Waals surface area contributed by atoms with Gasteiger partial charge in [-0.15, -0.1) is 0 Å². The molecule has 0 bridgehead atoms. The van der Waals surface area contributed by atoms with Gasteiger partial charge in [-0.3, -0.25) is 0 Å². The molecule has 3 aromatic carbocycles. The van der Waals surface area contributed by atoms with E-state index < -0.39 is 0 Å². The Balaban J connectivity index is 1.37. The number of aliphatic imine (C=N–C) groups is 1. The van der Waals surface area contributed by atoms with Crippen LogP contribution in [0.25, 0.3) is 0 Å². The molecule has 7 nitrogen and oxygen atoms in total. The Kier molecular flexibility index (Phi) is 6.08. The zero-order chi connectivity index (χ0) is 23.5. The van der Waals surface area contributed by atoms with Crippen LogP contribution in [-0.4, -0.2) is 54.5 Å². The average Bonchev–Trinajstić information content (AvgIpc) is 3.04. The Morgan fingerprint density at radius 2 is 1.82 bits per heavy atom. The van der Waals surface area contributed by atoms with E-state index in [0.717, 1.165) is 22.6 Å². The van der Waals surface area contributed by atoms with E-state index in [1.54, 1.807) is 12.0 Å². The van der Waals surface area contributed by atoms with Crippen molar-refractivity contribution in [1.29, 1.82) is 0 Å². The minimum Gasteiger partial charge on any atom is -0.493 e. The highest BCUT2D eigenvalue weighted by atomic mass is 16.6. The maximum atomic E-state index is 12.8. The standard InChI is InChI=1S/C27H27N3O4/c1-19-17-29(15-16-30(19)27(31)33-18-20-9-4-3-5-10-20)26-21-11-8-14-24(32-2)25(21)34-23-13-7-6-12-22(23)28-26/h3-14,19H,15-18H2,1-2H3/t19-/m0/s1. The normalized spacial score (nSPS) is 17.0. The number of ether oxygens (including phenoxy) is 3. The number of amidine groups is 1. The van der Waals surface area contributed by atoms with Gasteiger partial charge in [0.05, 0.1) is 12.7 Å². The van der Waals surface area contributed by atoms with Crippen LogP contribution < -0.4 is 9.47 Å². The molecule has 0 aliphatic carbocycles. The minimum atomic E-state index is -0.297. The van der Waals surface area contributed by atoms with Crippen molar-refractivity contribution in [3.05, 3.63) is 83.9 Å². The number of methoxy groups -OCH3 is 1. The number of piperazine rings is 1. The van der Waals surface area contributed by atoms with Crippen molar-refractivity contribution in [2.24, 2.45) is 4.99 Å². The number of benzene rings is 3. The molecule has 34 heavy (non-hydrogen) atoms. The van der Waals surface area contributed by atoms with Crippen LogP contribution in [0, 0.1) is 0 Å². The molecule has 5 rings (SSSR count). The highest BCUT2D eigenvalue weighted by Crippen LogP contribution is 2.42. The Morgan fingerprint density at radius 3 is 2.62 bits per heavy atom. The summed E-state index contributed by atoms with van der Waals surface area (Å²) < 4.78 is 17.4. The molecule has 0 saturated carbocycles. The molecule has 0 unspecified atom stereocenters. The smallest absolute Gasteiger partial charge is 0.410 e. The topological polar surface area (TPSA) is 63.6 Å². The average molecular weight is 458 g/mol. The van der Waals surface area contributed by atoms with Gasteiger partial charge in [-0.2, -0.15) is 0 Å². The molecule has 1 saturated heterocycles. The van der Waals surface area contributed by atoms with Gasteiger partial charge < -0.3 is 24.0 Å². The zero-order valence-electron chi connectivity index (χ0n) is 19.3. The van der Waals surface area contributed by atoms with E-state index in [1.807, 2.05) is 79.7 Å². The van der Waals surface area contributed by atoms with Gasteiger partial charge in [0.1, 0.15) is 18.1 Å². The lowest BCUT2D eigenvalue weighted by Gasteiger charge is -2.40. The van der Waals surface area contributed by atoms with Crippen LogP contribution in [0.1, 0.15) is 18.1 Å². The number of carbonyl (C=O) groups excluding carboxylic acids is 1. The predicted molar refractivity (Wildman–Crippen MR) is 130 cm³/mol. The van der Waals surface area contributed by atoms with E-state index >= 15 is 0 Å². The summed E-state index contributed by atoms with van der Waals surface area (Å²) in [7, 11) is 1.63. The fourth-order valence-electron chi connectivity index (χ4n) is 4.34. The first kappa shape index (κ1) is 21.8. The summed E-state index contributed by atoms with van der Waals surface area (Å²) in [5.74, 6) is 2.78. The van der Waals surface area contributed by atoms with Crippen LogP contribution in [0.15, 0.2) is 77.8 Å². The molecule has 3 aromatic rings. The van der Waals surface area contributed by atoms with Crippen LogP contribution in [-0.2, 0) is 11.3 Å². The largest absolute Gasteiger partial charge is 0.493 e. The molecule has 0 spiro atoms. The summed E-state index contributed by atoms with van der Waals surface area (Å²) in [5, 5.41) is 0. The maximum Gasteiger partial charge on any atom is 0.410 e. The van der Waals surface area contributed by atoms with Gasteiger partial charge in [0.2, 0.25) is 0 Å². The van der Waals surface area contributed by atoms with Gasteiger partial charge >= 0.3 is 6.09 Å². The molecule has 174 valence electrons. The van der Waals surface area contributed by atoms with E-state index in [1.165, 1.54) is 0 Å². The third kappa shape index (κ3) is 4.29. The number of nitrogens with zero attached hydrogens (tertiary/aromatic N) is 3. The number of hydrogen-bond donors (Lipinski definition) is 0. The molecule has 1 fully saturated rings. The number of fused-ring (bicyclic) bond motifs is 2. The molecular weight excluding hydrogens is 430 g/mol. The first-order chi connectivity index (χ1) is 16.6. The van der Waals surface area contributed by atoms with E-state index in [-0.39, 0.29) is 18.7 Å².